The first-order valence-corrected chi connectivity index (χ1v) is 8.77. The minimum absolute atomic E-state index is 0.261. The number of anilines is 3. The number of hydrogen-bond donors (Lipinski definition) is 0. The summed E-state index contributed by atoms with van der Waals surface area (Å²) in [6, 6.07) is 12.5. The van der Waals surface area contributed by atoms with Gasteiger partial charge in [0.25, 0.3) is 0 Å². The molecule has 0 spiro atoms. The lowest BCUT2D eigenvalue weighted by atomic mass is 10.0. The molecule has 2 aromatic carbocycles. The first kappa shape index (κ1) is 16.8. The van der Waals surface area contributed by atoms with Crippen molar-refractivity contribution in [3.05, 3.63) is 65.2 Å². The highest BCUT2D eigenvalue weighted by Crippen LogP contribution is 2.42. The molecule has 0 amide bonds. The number of hydrogen-bond acceptors (Lipinski definition) is 4. The van der Waals surface area contributed by atoms with Crippen LogP contribution in [0, 0.1) is 5.82 Å². The number of halogens is 2. The maximum atomic E-state index is 14.5. The normalized spacial score (nSPS) is 13.0. The van der Waals surface area contributed by atoms with E-state index in [1.165, 1.54) is 6.07 Å². The van der Waals surface area contributed by atoms with Gasteiger partial charge in [-0.05, 0) is 36.8 Å². The summed E-state index contributed by atoms with van der Waals surface area (Å²) in [7, 11) is 3.93. The van der Waals surface area contributed by atoms with Gasteiger partial charge < -0.3 is 9.80 Å². The van der Waals surface area contributed by atoms with Gasteiger partial charge in [-0.3, -0.25) is 0 Å². The number of para-hydroxylation sites is 1. The summed E-state index contributed by atoms with van der Waals surface area (Å²) in [5.74, 6) is 0.620. The minimum atomic E-state index is -0.261. The molecule has 132 valence electrons. The van der Waals surface area contributed by atoms with Crippen LogP contribution in [0.3, 0.4) is 0 Å². The Morgan fingerprint density at radius 1 is 1.08 bits per heavy atom. The van der Waals surface area contributed by atoms with Crippen molar-refractivity contribution in [1.82, 2.24) is 9.97 Å². The lowest BCUT2D eigenvalue weighted by Gasteiger charge is -2.25. The Kier molecular flexibility index (Phi) is 4.24. The second-order valence-corrected chi connectivity index (χ2v) is 6.87. The zero-order valence-corrected chi connectivity index (χ0v) is 15.3. The molecular weight excluding hydrogens is 351 g/mol. The monoisotopic (exact) mass is 368 g/mol. The molecule has 0 N–H and O–H groups in total. The van der Waals surface area contributed by atoms with Crippen molar-refractivity contribution in [3.63, 3.8) is 0 Å². The fourth-order valence-electron chi connectivity index (χ4n) is 3.44. The van der Waals surface area contributed by atoms with Crippen molar-refractivity contribution in [2.75, 3.05) is 30.4 Å². The van der Waals surface area contributed by atoms with Gasteiger partial charge >= 0.3 is 0 Å². The molecule has 2 heterocycles. The predicted octanol–water partition coefficient (Wildman–Crippen LogP) is 4.70. The van der Waals surface area contributed by atoms with Crippen molar-refractivity contribution in [3.8, 4) is 11.3 Å². The first-order valence-electron chi connectivity index (χ1n) is 8.39. The van der Waals surface area contributed by atoms with Gasteiger partial charge in [-0.15, -0.1) is 0 Å². The fourth-order valence-corrected chi connectivity index (χ4v) is 3.61. The Labute approximate surface area is 156 Å². The zero-order chi connectivity index (χ0) is 18.3. The van der Waals surface area contributed by atoms with Crippen LogP contribution in [0.4, 0.5) is 21.6 Å². The Bertz CT molecular complexity index is 974. The molecule has 1 aliphatic heterocycles. The van der Waals surface area contributed by atoms with Crippen molar-refractivity contribution in [2.24, 2.45) is 0 Å². The Hall–Kier alpha value is -2.66. The Balaban J connectivity index is 1.96. The van der Waals surface area contributed by atoms with Gasteiger partial charge in [0.1, 0.15) is 18.0 Å². The molecule has 3 aromatic rings. The van der Waals surface area contributed by atoms with E-state index in [2.05, 4.69) is 9.97 Å². The molecule has 6 heteroatoms. The highest BCUT2D eigenvalue weighted by atomic mass is 35.5. The average Bonchev–Trinajstić information content (AvgIpc) is 2.78. The highest BCUT2D eigenvalue weighted by molar-refractivity contribution is 6.31. The SMILES string of the molecule is CN(C)c1ncnc2c1CCN(c1ccccc1F)c1cc(Cl)ccc1-2. The van der Waals surface area contributed by atoms with Crippen LogP contribution in [0.15, 0.2) is 48.8 Å². The van der Waals surface area contributed by atoms with E-state index >= 15 is 0 Å². The third-order valence-corrected chi connectivity index (χ3v) is 4.82. The third-order valence-electron chi connectivity index (χ3n) is 4.58. The van der Waals surface area contributed by atoms with Gasteiger partial charge in [0.15, 0.2) is 0 Å². The van der Waals surface area contributed by atoms with Crippen LogP contribution in [0.1, 0.15) is 5.56 Å². The van der Waals surface area contributed by atoms with Gasteiger partial charge in [-0.25, -0.2) is 14.4 Å². The highest BCUT2D eigenvalue weighted by Gasteiger charge is 2.26. The molecule has 26 heavy (non-hydrogen) atoms. The summed E-state index contributed by atoms with van der Waals surface area (Å²) in [4.78, 5) is 12.9. The van der Waals surface area contributed by atoms with E-state index < -0.39 is 0 Å². The lowest BCUT2D eigenvalue weighted by molar-refractivity contribution is 0.625. The number of aromatic nitrogens is 2. The molecule has 0 atom stereocenters. The molecule has 0 aliphatic carbocycles. The quantitative estimate of drug-likeness (QED) is 0.656. The third kappa shape index (κ3) is 2.78. The maximum Gasteiger partial charge on any atom is 0.146 e. The van der Waals surface area contributed by atoms with E-state index in [0.29, 0.717) is 23.7 Å². The molecule has 0 radical (unpaired) electrons. The summed E-state index contributed by atoms with van der Waals surface area (Å²) < 4.78 is 14.5. The van der Waals surface area contributed by atoms with Crippen LogP contribution in [0.25, 0.3) is 11.3 Å². The second-order valence-electron chi connectivity index (χ2n) is 6.43. The Morgan fingerprint density at radius 2 is 1.88 bits per heavy atom. The van der Waals surface area contributed by atoms with Crippen molar-refractivity contribution >= 4 is 28.8 Å². The lowest BCUT2D eigenvalue weighted by Crippen LogP contribution is -2.21. The Morgan fingerprint density at radius 3 is 2.65 bits per heavy atom. The van der Waals surface area contributed by atoms with Gasteiger partial charge in [-0.1, -0.05) is 23.7 Å². The average molecular weight is 369 g/mol. The van der Waals surface area contributed by atoms with E-state index in [1.54, 1.807) is 18.5 Å². The minimum Gasteiger partial charge on any atom is -0.362 e. The van der Waals surface area contributed by atoms with Crippen molar-refractivity contribution < 1.29 is 4.39 Å². The summed E-state index contributed by atoms with van der Waals surface area (Å²) in [5, 5.41) is 0.607. The van der Waals surface area contributed by atoms with Crippen LogP contribution in [-0.2, 0) is 6.42 Å². The smallest absolute Gasteiger partial charge is 0.146 e. The van der Waals surface area contributed by atoms with E-state index in [4.69, 9.17) is 11.6 Å². The maximum absolute atomic E-state index is 14.5. The van der Waals surface area contributed by atoms with Gasteiger partial charge in [0, 0.05) is 36.8 Å². The second kappa shape index (κ2) is 6.57. The zero-order valence-electron chi connectivity index (χ0n) is 14.6. The predicted molar refractivity (Wildman–Crippen MR) is 104 cm³/mol. The van der Waals surface area contributed by atoms with Gasteiger partial charge in [0.05, 0.1) is 17.1 Å². The largest absolute Gasteiger partial charge is 0.362 e. The summed E-state index contributed by atoms with van der Waals surface area (Å²) in [6.45, 7) is 0.607. The van der Waals surface area contributed by atoms with Crippen molar-refractivity contribution in [1.29, 1.82) is 0 Å². The molecule has 4 rings (SSSR count). The number of rotatable bonds is 2. The van der Waals surface area contributed by atoms with E-state index in [0.717, 1.165) is 28.3 Å². The fraction of sp³-hybridized carbons (Fsp3) is 0.200. The van der Waals surface area contributed by atoms with E-state index in [1.807, 2.05) is 48.2 Å². The number of benzene rings is 2. The molecule has 0 unspecified atom stereocenters. The molecule has 1 aromatic heterocycles. The summed E-state index contributed by atoms with van der Waals surface area (Å²) in [6.07, 6.45) is 2.27. The van der Waals surface area contributed by atoms with Crippen LogP contribution >= 0.6 is 11.6 Å². The molecular formula is C20H18ClFN4. The van der Waals surface area contributed by atoms with Crippen molar-refractivity contribution in [2.45, 2.75) is 6.42 Å². The summed E-state index contributed by atoms with van der Waals surface area (Å²) in [5.41, 5.74) is 4.23. The number of nitrogens with zero attached hydrogens (tertiary/aromatic N) is 4. The van der Waals surface area contributed by atoms with Gasteiger partial charge in [-0.2, -0.15) is 0 Å². The first-order chi connectivity index (χ1) is 12.6. The van der Waals surface area contributed by atoms with E-state index in [-0.39, 0.29) is 5.82 Å². The molecule has 0 fully saturated rings. The molecule has 0 saturated carbocycles. The molecule has 1 aliphatic rings. The van der Waals surface area contributed by atoms with Crippen LogP contribution < -0.4 is 9.80 Å². The van der Waals surface area contributed by atoms with Crippen LogP contribution in [0.2, 0.25) is 5.02 Å². The molecule has 4 nitrogen and oxygen atoms in total. The van der Waals surface area contributed by atoms with Crippen LogP contribution in [-0.4, -0.2) is 30.6 Å². The molecule has 0 saturated heterocycles. The number of fused-ring (bicyclic) bond motifs is 3. The van der Waals surface area contributed by atoms with E-state index in [9.17, 15) is 4.39 Å². The summed E-state index contributed by atoms with van der Waals surface area (Å²) >= 11 is 6.27. The molecule has 0 bridgehead atoms. The van der Waals surface area contributed by atoms with Gasteiger partial charge in [0.2, 0.25) is 0 Å². The van der Waals surface area contributed by atoms with Crippen LogP contribution in [0.5, 0.6) is 0 Å². The topological polar surface area (TPSA) is 32.3 Å². The standard InChI is InChI=1S/C20H18ClFN4/c1-25(2)20-15-9-10-26(17-6-4-3-5-16(17)22)18-11-13(21)7-8-14(18)19(15)23-12-24-20/h3-8,11-12H,9-10H2,1-2H3.